The van der Waals surface area contributed by atoms with E-state index in [1.54, 1.807) is 0 Å². The fraction of sp³-hybridized carbons (Fsp3) is 0.125. The van der Waals surface area contributed by atoms with Gasteiger partial charge in [-0.1, -0.05) is 78.9 Å². The highest BCUT2D eigenvalue weighted by molar-refractivity contribution is 6.08. The number of hydrogen-bond donors (Lipinski definition) is 2. The minimum Gasteiger partial charge on any atom is -0.358 e. The first-order valence-corrected chi connectivity index (χ1v) is 9.19. The first kappa shape index (κ1) is 17.1. The van der Waals surface area contributed by atoms with Crippen LogP contribution in [0.4, 0.5) is 0 Å². The quantitative estimate of drug-likeness (QED) is 0.518. The number of H-pyrrole nitrogens is 1. The van der Waals surface area contributed by atoms with Crippen LogP contribution in [0.2, 0.25) is 0 Å². The van der Waals surface area contributed by atoms with Crippen molar-refractivity contribution < 1.29 is 4.79 Å². The van der Waals surface area contributed by atoms with Crippen LogP contribution in [0.15, 0.2) is 84.9 Å². The molecular formula is C24H22N2O. The number of nitrogens with one attached hydrogen (secondary N) is 2. The van der Waals surface area contributed by atoms with Crippen LogP contribution in [-0.2, 0) is 0 Å². The van der Waals surface area contributed by atoms with E-state index in [9.17, 15) is 4.79 Å². The second kappa shape index (κ2) is 7.50. The maximum atomic E-state index is 13.0. The normalized spacial score (nSPS) is 11.0. The Hall–Kier alpha value is -3.33. The van der Waals surface area contributed by atoms with Gasteiger partial charge in [0.2, 0.25) is 0 Å². The van der Waals surface area contributed by atoms with Gasteiger partial charge in [-0.05, 0) is 24.1 Å². The van der Waals surface area contributed by atoms with Gasteiger partial charge in [0.1, 0.15) is 0 Å². The van der Waals surface area contributed by atoms with Crippen LogP contribution >= 0.6 is 0 Å². The summed E-state index contributed by atoms with van der Waals surface area (Å²) in [5.41, 5.74) is 5.00. The van der Waals surface area contributed by atoms with Crippen LogP contribution in [0.25, 0.3) is 10.9 Å². The Bertz CT molecular complexity index is 1010. The number of rotatable bonds is 5. The highest BCUT2D eigenvalue weighted by atomic mass is 16.1. The van der Waals surface area contributed by atoms with Crippen molar-refractivity contribution in [2.75, 3.05) is 6.54 Å². The molecule has 27 heavy (non-hydrogen) atoms. The van der Waals surface area contributed by atoms with Gasteiger partial charge in [-0.15, -0.1) is 0 Å². The molecule has 0 aliphatic heterocycles. The Balaban J connectivity index is 1.61. The zero-order valence-electron chi connectivity index (χ0n) is 15.3. The van der Waals surface area contributed by atoms with Gasteiger partial charge in [0.25, 0.3) is 5.91 Å². The third-order valence-corrected chi connectivity index (χ3v) is 4.99. The van der Waals surface area contributed by atoms with Gasteiger partial charge in [0.15, 0.2) is 0 Å². The summed E-state index contributed by atoms with van der Waals surface area (Å²) in [6, 6.07) is 28.5. The Morgan fingerprint density at radius 3 is 2.04 bits per heavy atom. The van der Waals surface area contributed by atoms with E-state index in [4.69, 9.17) is 0 Å². The molecule has 3 heteroatoms. The van der Waals surface area contributed by atoms with Gasteiger partial charge in [0, 0.05) is 29.1 Å². The minimum atomic E-state index is -0.0400. The maximum absolute atomic E-state index is 13.0. The topological polar surface area (TPSA) is 44.9 Å². The second-order valence-electron chi connectivity index (χ2n) is 6.75. The highest BCUT2D eigenvalue weighted by Crippen LogP contribution is 2.25. The predicted molar refractivity (Wildman–Crippen MR) is 110 cm³/mol. The summed E-state index contributed by atoms with van der Waals surface area (Å²) >= 11 is 0. The van der Waals surface area contributed by atoms with Crippen molar-refractivity contribution in [3.05, 3.63) is 107 Å². The van der Waals surface area contributed by atoms with Gasteiger partial charge in [-0.3, -0.25) is 4.79 Å². The summed E-state index contributed by atoms with van der Waals surface area (Å²) in [5, 5.41) is 4.12. The Kier molecular flexibility index (Phi) is 4.75. The first-order chi connectivity index (χ1) is 13.2. The number of aromatic nitrogens is 1. The molecule has 4 rings (SSSR count). The van der Waals surface area contributed by atoms with E-state index < -0.39 is 0 Å². The molecule has 134 valence electrons. The van der Waals surface area contributed by atoms with Gasteiger partial charge >= 0.3 is 0 Å². The number of fused-ring (bicyclic) bond motifs is 1. The molecule has 1 heterocycles. The molecular weight excluding hydrogens is 332 g/mol. The van der Waals surface area contributed by atoms with Crippen molar-refractivity contribution in [1.29, 1.82) is 0 Å². The third kappa shape index (κ3) is 3.49. The number of benzene rings is 3. The smallest absolute Gasteiger partial charge is 0.253 e. The van der Waals surface area contributed by atoms with Crippen molar-refractivity contribution in [3.63, 3.8) is 0 Å². The van der Waals surface area contributed by atoms with Crippen LogP contribution in [0.3, 0.4) is 0 Å². The lowest BCUT2D eigenvalue weighted by atomic mass is 9.91. The SMILES string of the molecule is Cc1[nH]c2ccccc2c1C(=O)NCC(c1ccccc1)c1ccccc1. The number of aromatic amines is 1. The van der Waals surface area contributed by atoms with Crippen LogP contribution in [0.1, 0.15) is 33.1 Å². The number of para-hydroxylation sites is 1. The molecule has 1 aromatic heterocycles. The molecule has 4 aromatic rings. The fourth-order valence-corrected chi connectivity index (χ4v) is 3.65. The number of carbonyl (C=O) groups excluding carboxylic acids is 1. The molecule has 0 saturated heterocycles. The summed E-state index contributed by atoms with van der Waals surface area (Å²) in [6.45, 7) is 2.49. The average Bonchev–Trinajstić information content (AvgIpc) is 3.05. The largest absolute Gasteiger partial charge is 0.358 e. The van der Waals surface area contributed by atoms with Crippen molar-refractivity contribution in [2.45, 2.75) is 12.8 Å². The molecule has 0 spiro atoms. The monoisotopic (exact) mass is 354 g/mol. The molecule has 0 bridgehead atoms. The van der Waals surface area contributed by atoms with Gasteiger partial charge in [0.05, 0.1) is 5.56 Å². The summed E-state index contributed by atoms with van der Waals surface area (Å²) in [6.07, 6.45) is 0. The first-order valence-electron chi connectivity index (χ1n) is 9.19. The van der Waals surface area contributed by atoms with Gasteiger partial charge in [-0.2, -0.15) is 0 Å². The van der Waals surface area contributed by atoms with Gasteiger partial charge < -0.3 is 10.3 Å². The molecule has 0 aliphatic rings. The zero-order chi connectivity index (χ0) is 18.6. The van der Waals surface area contributed by atoms with Crippen molar-refractivity contribution >= 4 is 16.8 Å². The molecule has 0 radical (unpaired) electrons. The second-order valence-corrected chi connectivity index (χ2v) is 6.75. The van der Waals surface area contributed by atoms with E-state index in [1.807, 2.05) is 67.6 Å². The molecule has 1 amide bonds. The summed E-state index contributed by atoms with van der Waals surface area (Å²) in [4.78, 5) is 16.3. The average molecular weight is 354 g/mol. The Labute approximate surface area is 159 Å². The molecule has 2 N–H and O–H groups in total. The maximum Gasteiger partial charge on any atom is 0.253 e. The molecule has 0 aliphatic carbocycles. The summed E-state index contributed by atoms with van der Waals surface area (Å²) in [5.74, 6) is 0.0728. The fourth-order valence-electron chi connectivity index (χ4n) is 3.65. The molecule has 0 unspecified atom stereocenters. The van der Waals surface area contributed by atoms with E-state index in [1.165, 1.54) is 11.1 Å². The highest BCUT2D eigenvalue weighted by Gasteiger charge is 2.19. The van der Waals surface area contributed by atoms with Crippen LogP contribution in [-0.4, -0.2) is 17.4 Å². The van der Waals surface area contributed by atoms with E-state index >= 15 is 0 Å². The van der Waals surface area contributed by atoms with Crippen LogP contribution in [0.5, 0.6) is 0 Å². The molecule has 0 atom stereocenters. The lowest BCUT2D eigenvalue weighted by molar-refractivity contribution is 0.0953. The van der Waals surface area contributed by atoms with Crippen molar-refractivity contribution in [1.82, 2.24) is 10.3 Å². The number of aryl methyl sites for hydroxylation is 1. The van der Waals surface area contributed by atoms with Gasteiger partial charge in [-0.25, -0.2) is 0 Å². The zero-order valence-corrected chi connectivity index (χ0v) is 15.3. The van der Waals surface area contributed by atoms with Crippen LogP contribution in [0, 0.1) is 6.92 Å². The number of hydrogen-bond acceptors (Lipinski definition) is 1. The van der Waals surface area contributed by atoms with E-state index in [0.717, 1.165) is 22.2 Å². The number of amides is 1. The van der Waals surface area contributed by atoms with Crippen molar-refractivity contribution in [2.24, 2.45) is 0 Å². The summed E-state index contributed by atoms with van der Waals surface area (Å²) in [7, 11) is 0. The predicted octanol–water partition coefficient (Wildman–Crippen LogP) is 5.04. The van der Waals surface area contributed by atoms with Crippen molar-refractivity contribution in [3.8, 4) is 0 Å². The van der Waals surface area contributed by atoms with E-state index in [-0.39, 0.29) is 11.8 Å². The number of carbonyl (C=O) groups is 1. The van der Waals surface area contributed by atoms with E-state index in [2.05, 4.69) is 34.6 Å². The summed E-state index contributed by atoms with van der Waals surface area (Å²) < 4.78 is 0. The Morgan fingerprint density at radius 2 is 1.41 bits per heavy atom. The lowest BCUT2D eigenvalue weighted by Crippen LogP contribution is -2.29. The third-order valence-electron chi connectivity index (χ3n) is 4.99. The standard InChI is InChI=1S/C24H22N2O/c1-17-23(20-14-8-9-15-22(20)26-17)24(27)25-16-21(18-10-4-2-5-11-18)19-12-6-3-7-13-19/h2-15,21,26H,16H2,1H3,(H,25,27). The van der Waals surface area contributed by atoms with Crippen LogP contribution < -0.4 is 5.32 Å². The minimum absolute atomic E-state index is 0.0400. The van der Waals surface area contributed by atoms with E-state index in [0.29, 0.717) is 6.54 Å². The Morgan fingerprint density at radius 1 is 0.852 bits per heavy atom. The molecule has 3 nitrogen and oxygen atoms in total. The molecule has 3 aromatic carbocycles. The molecule has 0 saturated carbocycles. The lowest BCUT2D eigenvalue weighted by Gasteiger charge is -2.19. The molecule has 0 fully saturated rings.